The number of hydrogen-bond acceptors (Lipinski definition) is 3. The Hall–Kier alpha value is -2.49. The lowest BCUT2D eigenvalue weighted by Gasteiger charge is -2.23. The molecule has 1 amide bonds. The molecule has 2 atom stereocenters. The zero-order valence-electron chi connectivity index (χ0n) is 14.7. The topological polar surface area (TPSA) is 47.6 Å². The van der Waals surface area contributed by atoms with E-state index in [1.807, 2.05) is 30.3 Å². The quantitative estimate of drug-likeness (QED) is 0.816. The average molecular weight is 327 g/mol. The number of rotatable bonds is 7. The van der Waals surface area contributed by atoms with Crippen LogP contribution in [0.5, 0.6) is 11.5 Å². The summed E-state index contributed by atoms with van der Waals surface area (Å²) in [5.74, 6) is 1.27. The molecule has 0 aliphatic heterocycles. The molecule has 2 rings (SSSR count). The average Bonchev–Trinajstić information content (AvgIpc) is 2.62. The zero-order chi connectivity index (χ0) is 17.5. The molecule has 0 radical (unpaired) electrons. The highest BCUT2D eigenvalue weighted by atomic mass is 16.5. The van der Waals surface area contributed by atoms with Gasteiger partial charge in [0.15, 0.2) is 0 Å². The summed E-state index contributed by atoms with van der Waals surface area (Å²) in [6.07, 6.45) is 0.923. The Balaban J connectivity index is 2.28. The van der Waals surface area contributed by atoms with Crippen molar-refractivity contribution in [2.75, 3.05) is 19.5 Å². The Labute approximate surface area is 143 Å². The summed E-state index contributed by atoms with van der Waals surface area (Å²) in [4.78, 5) is 12.9. The molecule has 2 aromatic carbocycles. The summed E-state index contributed by atoms with van der Waals surface area (Å²) >= 11 is 0. The standard InChI is InChI=1S/C20H25NO3/c1-5-14(2)19(15-9-7-6-8-10-15)20(22)21-17-12-11-16(23-3)13-18(17)24-4/h6-14,19H,5H2,1-4H3,(H,21,22)/t14-,19+/m0/s1. The number of nitrogens with one attached hydrogen (secondary N) is 1. The van der Waals surface area contributed by atoms with Gasteiger partial charge in [0.05, 0.1) is 25.8 Å². The van der Waals surface area contributed by atoms with E-state index in [4.69, 9.17) is 9.47 Å². The van der Waals surface area contributed by atoms with Gasteiger partial charge in [-0.05, 0) is 23.6 Å². The van der Waals surface area contributed by atoms with Crippen LogP contribution < -0.4 is 14.8 Å². The van der Waals surface area contributed by atoms with Crippen molar-refractivity contribution in [2.24, 2.45) is 5.92 Å². The molecular weight excluding hydrogens is 302 g/mol. The molecule has 0 aliphatic carbocycles. The Morgan fingerprint density at radius 3 is 2.38 bits per heavy atom. The second-order valence-corrected chi connectivity index (χ2v) is 5.83. The highest BCUT2D eigenvalue weighted by Gasteiger charge is 2.26. The van der Waals surface area contributed by atoms with Gasteiger partial charge in [0.25, 0.3) is 0 Å². The Bertz CT molecular complexity index is 670. The van der Waals surface area contributed by atoms with Crippen LogP contribution in [0.25, 0.3) is 0 Å². The predicted molar refractivity (Wildman–Crippen MR) is 96.8 cm³/mol. The minimum absolute atomic E-state index is 0.0287. The molecule has 0 heterocycles. The molecule has 0 saturated heterocycles. The molecule has 0 unspecified atom stereocenters. The van der Waals surface area contributed by atoms with Crippen LogP contribution in [0.1, 0.15) is 31.7 Å². The lowest BCUT2D eigenvalue weighted by Crippen LogP contribution is -2.26. The molecule has 0 fully saturated rings. The highest BCUT2D eigenvalue weighted by Crippen LogP contribution is 2.32. The van der Waals surface area contributed by atoms with Crippen molar-refractivity contribution in [1.29, 1.82) is 0 Å². The third-order valence-electron chi connectivity index (χ3n) is 4.32. The SMILES string of the molecule is CC[C@H](C)[C@@H](C(=O)Nc1ccc(OC)cc1OC)c1ccccc1. The predicted octanol–water partition coefficient (Wildman–Crippen LogP) is 4.47. The van der Waals surface area contributed by atoms with Crippen LogP contribution in [0.2, 0.25) is 0 Å². The van der Waals surface area contributed by atoms with E-state index in [1.54, 1.807) is 32.4 Å². The van der Waals surface area contributed by atoms with Crippen LogP contribution in [0, 0.1) is 5.92 Å². The van der Waals surface area contributed by atoms with Crippen molar-refractivity contribution >= 4 is 11.6 Å². The number of ether oxygens (including phenoxy) is 2. The highest BCUT2D eigenvalue weighted by molar-refractivity contribution is 5.97. The second-order valence-electron chi connectivity index (χ2n) is 5.83. The van der Waals surface area contributed by atoms with E-state index in [2.05, 4.69) is 19.2 Å². The molecule has 24 heavy (non-hydrogen) atoms. The van der Waals surface area contributed by atoms with Crippen LogP contribution in [0.3, 0.4) is 0 Å². The molecule has 0 aliphatic rings. The summed E-state index contributed by atoms with van der Waals surface area (Å²) < 4.78 is 10.6. The van der Waals surface area contributed by atoms with E-state index in [-0.39, 0.29) is 17.7 Å². The first kappa shape index (κ1) is 17.9. The normalized spacial score (nSPS) is 13.0. The van der Waals surface area contributed by atoms with Crippen molar-refractivity contribution < 1.29 is 14.3 Å². The van der Waals surface area contributed by atoms with E-state index in [1.165, 1.54) is 0 Å². The lowest BCUT2D eigenvalue weighted by atomic mass is 9.85. The third kappa shape index (κ3) is 4.07. The molecular formula is C20H25NO3. The first-order valence-electron chi connectivity index (χ1n) is 8.18. The molecule has 4 heteroatoms. The smallest absolute Gasteiger partial charge is 0.232 e. The number of carbonyl (C=O) groups is 1. The van der Waals surface area contributed by atoms with Gasteiger partial charge in [0.2, 0.25) is 5.91 Å². The van der Waals surface area contributed by atoms with Crippen LogP contribution in [0.4, 0.5) is 5.69 Å². The zero-order valence-corrected chi connectivity index (χ0v) is 14.7. The van der Waals surface area contributed by atoms with Crippen LogP contribution in [-0.4, -0.2) is 20.1 Å². The Morgan fingerprint density at radius 2 is 1.79 bits per heavy atom. The summed E-state index contributed by atoms with van der Waals surface area (Å²) in [5.41, 5.74) is 1.67. The van der Waals surface area contributed by atoms with Gasteiger partial charge >= 0.3 is 0 Å². The molecule has 0 saturated carbocycles. The van der Waals surface area contributed by atoms with E-state index in [0.29, 0.717) is 17.2 Å². The van der Waals surface area contributed by atoms with Gasteiger partial charge in [0, 0.05) is 6.07 Å². The van der Waals surface area contributed by atoms with Gasteiger partial charge < -0.3 is 14.8 Å². The summed E-state index contributed by atoms with van der Waals surface area (Å²) in [5, 5.41) is 3.01. The molecule has 128 valence electrons. The van der Waals surface area contributed by atoms with Gasteiger partial charge in [-0.2, -0.15) is 0 Å². The molecule has 4 nitrogen and oxygen atoms in total. The number of amides is 1. The monoisotopic (exact) mass is 327 g/mol. The Morgan fingerprint density at radius 1 is 1.08 bits per heavy atom. The van der Waals surface area contributed by atoms with Gasteiger partial charge in [0.1, 0.15) is 11.5 Å². The molecule has 0 aromatic heterocycles. The number of carbonyl (C=O) groups excluding carboxylic acids is 1. The largest absolute Gasteiger partial charge is 0.497 e. The maximum Gasteiger partial charge on any atom is 0.232 e. The fraction of sp³-hybridized carbons (Fsp3) is 0.350. The molecule has 0 bridgehead atoms. The Kier molecular flexibility index (Phi) is 6.24. The van der Waals surface area contributed by atoms with Gasteiger partial charge in [-0.25, -0.2) is 0 Å². The maximum absolute atomic E-state index is 12.9. The van der Waals surface area contributed by atoms with Gasteiger partial charge in [-0.1, -0.05) is 50.6 Å². The van der Waals surface area contributed by atoms with Crippen molar-refractivity contribution in [2.45, 2.75) is 26.2 Å². The third-order valence-corrected chi connectivity index (χ3v) is 4.32. The molecule has 2 aromatic rings. The minimum atomic E-state index is -0.206. The fourth-order valence-electron chi connectivity index (χ4n) is 2.75. The number of anilines is 1. The second kappa shape index (κ2) is 8.39. The lowest BCUT2D eigenvalue weighted by molar-refractivity contribution is -0.118. The maximum atomic E-state index is 12.9. The van der Waals surface area contributed by atoms with Crippen molar-refractivity contribution in [1.82, 2.24) is 0 Å². The van der Waals surface area contributed by atoms with Gasteiger partial charge in [-0.15, -0.1) is 0 Å². The summed E-state index contributed by atoms with van der Waals surface area (Å²) in [7, 11) is 3.18. The van der Waals surface area contributed by atoms with Crippen molar-refractivity contribution in [3.63, 3.8) is 0 Å². The first-order valence-corrected chi connectivity index (χ1v) is 8.18. The van der Waals surface area contributed by atoms with Crippen LogP contribution >= 0.6 is 0 Å². The van der Waals surface area contributed by atoms with E-state index < -0.39 is 0 Å². The molecule has 0 spiro atoms. The first-order chi connectivity index (χ1) is 11.6. The van der Waals surface area contributed by atoms with Crippen LogP contribution in [-0.2, 0) is 4.79 Å². The van der Waals surface area contributed by atoms with E-state index in [9.17, 15) is 4.79 Å². The van der Waals surface area contributed by atoms with Gasteiger partial charge in [-0.3, -0.25) is 4.79 Å². The molecule has 1 N–H and O–H groups in total. The summed E-state index contributed by atoms with van der Waals surface area (Å²) in [6.45, 7) is 4.20. The summed E-state index contributed by atoms with van der Waals surface area (Å²) in [6, 6.07) is 15.3. The number of benzene rings is 2. The van der Waals surface area contributed by atoms with E-state index >= 15 is 0 Å². The van der Waals surface area contributed by atoms with Crippen molar-refractivity contribution in [3.8, 4) is 11.5 Å². The van der Waals surface area contributed by atoms with Crippen molar-refractivity contribution in [3.05, 3.63) is 54.1 Å². The number of methoxy groups -OCH3 is 2. The van der Waals surface area contributed by atoms with Crippen LogP contribution in [0.15, 0.2) is 48.5 Å². The fourth-order valence-corrected chi connectivity index (χ4v) is 2.75. The number of hydrogen-bond donors (Lipinski definition) is 1. The van der Waals surface area contributed by atoms with E-state index in [0.717, 1.165) is 12.0 Å². The minimum Gasteiger partial charge on any atom is -0.497 e.